The lowest BCUT2D eigenvalue weighted by Crippen LogP contribution is -2.62. The molecule has 5 aliphatic rings. The van der Waals surface area contributed by atoms with E-state index in [9.17, 15) is 14.7 Å². The smallest absolute Gasteiger partial charge is 0.335 e. The summed E-state index contributed by atoms with van der Waals surface area (Å²) in [4.78, 5) is 26.2. The van der Waals surface area contributed by atoms with Gasteiger partial charge in [-0.15, -0.1) is 0 Å². The van der Waals surface area contributed by atoms with E-state index in [1.807, 2.05) is 11.0 Å². The van der Waals surface area contributed by atoms with Gasteiger partial charge >= 0.3 is 11.7 Å². The van der Waals surface area contributed by atoms with Crippen LogP contribution < -0.4 is 10.9 Å². The fourth-order valence-electron chi connectivity index (χ4n) is 9.64. The van der Waals surface area contributed by atoms with E-state index in [0.29, 0.717) is 23.8 Å². The number of hydrogen-bond donors (Lipinski definition) is 2. The highest BCUT2D eigenvalue weighted by Crippen LogP contribution is 2.70. The zero-order valence-corrected chi connectivity index (χ0v) is 21.4. The normalized spacial score (nSPS) is 44.9. The van der Waals surface area contributed by atoms with Crippen LogP contribution in [0.15, 0.2) is 27.6 Å². The summed E-state index contributed by atoms with van der Waals surface area (Å²) in [5.41, 5.74) is 0.154. The number of fused-ring (bicyclic) bond motifs is 5. The molecule has 6 nitrogen and oxygen atoms in total. The number of amides is 2. The Morgan fingerprint density at radius 2 is 1.83 bits per heavy atom. The minimum Gasteiger partial charge on any atom is -0.431 e. The highest BCUT2D eigenvalue weighted by Gasteiger charge is 2.67. The molecule has 0 radical (unpaired) electrons. The fourth-order valence-corrected chi connectivity index (χ4v) is 9.64. The van der Waals surface area contributed by atoms with Crippen LogP contribution in [0.1, 0.15) is 96.0 Å². The molecular weight excluding hydrogens is 440 g/mol. The quantitative estimate of drug-likeness (QED) is 0.618. The minimum atomic E-state index is -0.661. The Hall–Kier alpha value is -1.82. The first-order chi connectivity index (χ1) is 16.7. The highest BCUT2D eigenvalue weighted by atomic mass is 16.4. The molecule has 8 atom stereocenters. The molecule has 1 saturated heterocycles. The third kappa shape index (κ3) is 3.53. The lowest BCUT2D eigenvalue weighted by Gasteiger charge is -2.63. The molecule has 6 heteroatoms. The van der Waals surface area contributed by atoms with Crippen molar-refractivity contribution >= 4 is 6.03 Å². The molecule has 2 amide bonds. The second-order valence-corrected chi connectivity index (χ2v) is 13.0. The van der Waals surface area contributed by atoms with Gasteiger partial charge in [0.15, 0.2) is 0 Å². The SMILES string of the molecule is C[C@]12CC[C@@H](NC(=O)N3CCCC3)C[C@H]1CC[C@@H]1[C@@H]2CC[C@]2(C)[C@@H](c3ccc(=O)oc3)CC[C@]12O. The Balaban J connectivity index is 1.19. The van der Waals surface area contributed by atoms with Crippen molar-refractivity contribution in [1.82, 2.24) is 10.2 Å². The summed E-state index contributed by atoms with van der Waals surface area (Å²) < 4.78 is 5.22. The van der Waals surface area contributed by atoms with E-state index in [2.05, 4.69) is 19.2 Å². The molecule has 6 rings (SSSR count). The third-order valence-electron chi connectivity index (χ3n) is 11.7. The highest BCUT2D eigenvalue weighted by molar-refractivity contribution is 5.74. The first-order valence-electron chi connectivity index (χ1n) is 14.1. The van der Waals surface area contributed by atoms with Crippen LogP contribution >= 0.6 is 0 Å². The first kappa shape index (κ1) is 23.6. The topological polar surface area (TPSA) is 82.8 Å². The molecule has 2 N–H and O–H groups in total. The molecule has 1 aliphatic heterocycles. The first-order valence-corrected chi connectivity index (χ1v) is 14.1. The van der Waals surface area contributed by atoms with Crippen molar-refractivity contribution in [2.24, 2.45) is 28.6 Å². The number of hydrogen-bond acceptors (Lipinski definition) is 4. The van der Waals surface area contributed by atoms with Crippen molar-refractivity contribution in [2.75, 3.05) is 13.1 Å². The number of carbonyl (C=O) groups excluding carboxylic acids is 1. The van der Waals surface area contributed by atoms with Gasteiger partial charge in [-0.05, 0) is 111 Å². The Morgan fingerprint density at radius 3 is 2.57 bits per heavy atom. The van der Waals surface area contributed by atoms with Gasteiger partial charge in [0.1, 0.15) is 0 Å². The Bertz CT molecular complexity index is 1010. The Morgan fingerprint density at radius 1 is 1.03 bits per heavy atom. The largest absolute Gasteiger partial charge is 0.431 e. The van der Waals surface area contributed by atoms with E-state index in [1.165, 1.54) is 6.07 Å². The van der Waals surface area contributed by atoms with E-state index in [4.69, 9.17) is 4.42 Å². The van der Waals surface area contributed by atoms with Crippen molar-refractivity contribution in [3.05, 3.63) is 34.4 Å². The lowest BCUT2D eigenvalue weighted by molar-refractivity contribution is -0.201. The zero-order chi connectivity index (χ0) is 24.4. The Kier molecular flexibility index (Phi) is 5.63. The van der Waals surface area contributed by atoms with Crippen LogP contribution in [0.4, 0.5) is 4.79 Å². The molecule has 2 heterocycles. The van der Waals surface area contributed by atoms with E-state index in [0.717, 1.165) is 89.3 Å². The van der Waals surface area contributed by atoms with Gasteiger partial charge in [-0.25, -0.2) is 9.59 Å². The molecule has 192 valence electrons. The van der Waals surface area contributed by atoms with Gasteiger partial charge in [0.2, 0.25) is 0 Å². The maximum Gasteiger partial charge on any atom is 0.335 e. The molecule has 0 bridgehead atoms. The number of nitrogens with one attached hydrogen (secondary N) is 1. The summed E-state index contributed by atoms with van der Waals surface area (Å²) >= 11 is 0. The number of likely N-dealkylation sites (tertiary alicyclic amines) is 1. The summed E-state index contributed by atoms with van der Waals surface area (Å²) in [6.07, 6.45) is 13.4. The van der Waals surface area contributed by atoms with E-state index in [-0.39, 0.29) is 28.4 Å². The average Bonchev–Trinajstić information content (AvgIpc) is 3.47. The van der Waals surface area contributed by atoms with Gasteiger partial charge in [-0.1, -0.05) is 13.8 Å². The number of urea groups is 1. The molecule has 1 aromatic heterocycles. The third-order valence-corrected chi connectivity index (χ3v) is 11.7. The van der Waals surface area contributed by atoms with E-state index < -0.39 is 5.60 Å². The predicted molar refractivity (Wildman–Crippen MR) is 134 cm³/mol. The van der Waals surface area contributed by atoms with E-state index in [1.54, 1.807) is 6.26 Å². The van der Waals surface area contributed by atoms with Crippen LogP contribution in [-0.2, 0) is 0 Å². The summed E-state index contributed by atoms with van der Waals surface area (Å²) in [5.74, 6) is 1.73. The maximum absolute atomic E-state index is 12.7. The van der Waals surface area contributed by atoms with Crippen molar-refractivity contribution in [3.8, 4) is 0 Å². The van der Waals surface area contributed by atoms with Crippen LogP contribution in [-0.4, -0.2) is 40.8 Å². The second kappa shape index (κ2) is 8.36. The van der Waals surface area contributed by atoms with Crippen LogP contribution in [0.5, 0.6) is 0 Å². The molecule has 0 spiro atoms. The monoisotopic (exact) mass is 482 g/mol. The molecule has 4 aliphatic carbocycles. The molecule has 1 aromatic rings. The molecule has 0 unspecified atom stereocenters. The number of rotatable bonds is 2. The Labute approximate surface area is 208 Å². The second-order valence-electron chi connectivity index (χ2n) is 13.0. The summed E-state index contributed by atoms with van der Waals surface area (Å²) in [7, 11) is 0. The van der Waals surface area contributed by atoms with Gasteiger partial charge in [-0.2, -0.15) is 0 Å². The summed E-state index contributed by atoms with van der Waals surface area (Å²) in [5, 5.41) is 15.8. The lowest BCUT2D eigenvalue weighted by atomic mass is 9.43. The van der Waals surface area contributed by atoms with Crippen LogP contribution in [0, 0.1) is 28.6 Å². The van der Waals surface area contributed by atoms with Crippen LogP contribution in [0.25, 0.3) is 0 Å². The molecule has 0 aromatic carbocycles. The number of aliphatic hydroxyl groups is 1. The number of nitrogens with zero attached hydrogens (tertiary/aromatic N) is 1. The molecule has 4 saturated carbocycles. The van der Waals surface area contributed by atoms with Crippen molar-refractivity contribution < 1.29 is 14.3 Å². The summed E-state index contributed by atoms with van der Waals surface area (Å²) in [6, 6.07) is 3.87. The van der Waals surface area contributed by atoms with Crippen molar-refractivity contribution in [3.63, 3.8) is 0 Å². The fraction of sp³-hybridized carbons (Fsp3) is 0.793. The van der Waals surface area contributed by atoms with Crippen molar-refractivity contribution in [2.45, 2.75) is 102 Å². The average molecular weight is 483 g/mol. The van der Waals surface area contributed by atoms with Gasteiger partial charge < -0.3 is 19.7 Å². The number of carbonyl (C=O) groups is 1. The van der Waals surface area contributed by atoms with Crippen LogP contribution in [0.2, 0.25) is 0 Å². The predicted octanol–water partition coefficient (Wildman–Crippen LogP) is 5.06. The standard InChI is InChI=1S/C29H42N2O4/c1-27-12-9-21(30-26(33)31-15-3-4-16-31)17-20(27)6-7-24-23(27)10-13-28(2)22(11-14-29(24,28)34)19-5-8-25(32)35-18-19/h5,8,18,20-24,34H,3-4,6-7,9-17H2,1-2H3,(H,30,33)/t20-,21-,22-,23+,24-,27+,28-,29+/m1/s1. The van der Waals surface area contributed by atoms with E-state index >= 15 is 0 Å². The maximum atomic E-state index is 12.7. The van der Waals surface area contributed by atoms with Gasteiger partial charge in [0, 0.05) is 30.6 Å². The molecule has 5 fully saturated rings. The van der Waals surface area contributed by atoms with Gasteiger partial charge in [0.05, 0.1) is 11.9 Å². The van der Waals surface area contributed by atoms with Gasteiger partial charge in [-0.3, -0.25) is 0 Å². The van der Waals surface area contributed by atoms with Crippen molar-refractivity contribution in [1.29, 1.82) is 0 Å². The minimum absolute atomic E-state index is 0.140. The molecule has 35 heavy (non-hydrogen) atoms. The molecular formula is C29H42N2O4. The van der Waals surface area contributed by atoms with Crippen LogP contribution in [0.3, 0.4) is 0 Å². The zero-order valence-electron chi connectivity index (χ0n) is 21.4. The van der Waals surface area contributed by atoms with Gasteiger partial charge in [0.25, 0.3) is 0 Å². The summed E-state index contributed by atoms with van der Waals surface area (Å²) in [6.45, 7) is 6.59.